The van der Waals surface area contributed by atoms with Gasteiger partial charge in [0.05, 0.1) is 11.1 Å². The number of nitrogens with two attached hydrogens (primary N) is 1. The van der Waals surface area contributed by atoms with E-state index in [9.17, 15) is 12.8 Å². The lowest BCUT2D eigenvalue weighted by Crippen LogP contribution is -2.06. The van der Waals surface area contributed by atoms with Crippen LogP contribution in [-0.2, 0) is 15.6 Å². The topological polar surface area (TPSA) is 84.9 Å². The molecule has 0 saturated heterocycles. The highest BCUT2D eigenvalue weighted by Crippen LogP contribution is 2.14. The van der Waals surface area contributed by atoms with Crippen LogP contribution in [0.1, 0.15) is 11.1 Å². The Hall–Kier alpha value is -2.19. The van der Waals surface area contributed by atoms with Crippen molar-refractivity contribution in [2.45, 2.75) is 10.6 Å². The second kappa shape index (κ2) is 8.07. The Morgan fingerprint density at radius 1 is 1.25 bits per heavy atom. The molecule has 0 saturated carbocycles. The summed E-state index contributed by atoms with van der Waals surface area (Å²) in [5, 5.41) is 7.73. The number of nitrogens with zero attached hydrogens (tertiary/aromatic N) is 2. The van der Waals surface area contributed by atoms with E-state index in [1.54, 1.807) is 0 Å². The van der Waals surface area contributed by atoms with Crippen molar-refractivity contribution in [3.8, 4) is 0 Å². The van der Waals surface area contributed by atoms with Crippen LogP contribution in [0.2, 0.25) is 0 Å². The van der Waals surface area contributed by atoms with Gasteiger partial charge in [-0.15, -0.1) is 5.10 Å². The van der Waals surface area contributed by atoms with Gasteiger partial charge < -0.3 is 5.73 Å². The van der Waals surface area contributed by atoms with E-state index >= 15 is 0 Å². The monoisotopic (exact) mass is 365 g/mol. The van der Waals surface area contributed by atoms with Crippen LogP contribution in [0.25, 0.3) is 0 Å². The Morgan fingerprint density at radius 3 is 2.62 bits per heavy atom. The van der Waals surface area contributed by atoms with Crippen LogP contribution in [0.15, 0.2) is 63.6 Å². The predicted molar refractivity (Wildman–Crippen MR) is 96.5 cm³/mol. The normalized spacial score (nSPS) is 12.7. The van der Waals surface area contributed by atoms with E-state index in [1.807, 2.05) is 30.3 Å². The molecule has 0 heterocycles. The maximum Gasteiger partial charge on any atom is 0.180 e. The van der Waals surface area contributed by atoms with Gasteiger partial charge in [-0.1, -0.05) is 42.1 Å². The molecule has 8 heteroatoms. The fourth-order valence-electron chi connectivity index (χ4n) is 1.76. The van der Waals surface area contributed by atoms with Gasteiger partial charge in [0, 0.05) is 17.6 Å². The summed E-state index contributed by atoms with van der Waals surface area (Å²) >= 11 is 1.30. The number of hydrogen-bond donors (Lipinski definition) is 1. The second-order valence-corrected chi connectivity index (χ2v) is 7.92. The van der Waals surface area contributed by atoms with Crippen molar-refractivity contribution < 1.29 is 12.8 Å². The summed E-state index contributed by atoms with van der Waals surface area (Å²) in [5.74, 6) is 0.0562. The average Bonchev–Trinajstić information content (AvgIpc) is 2.54. The molecule has 2 aromatic rings. The molecule has 2 N–H and O–H groups in total. The summed E-state index contributed by atoms with van der Waals surface area (Å²) in [6.07, 6.45) is 2.19. The van der Waals surface area contributed by atoms with Gasteiger partial charge in [0.15, 0.2) is 15.0 Å². The predicted octanol–water partition coefficient (Wildman–Crippen LogP) is 2.81. The van der Waals surface area contributed by atoms with Crippen LogP contribution in [0.3, 0.4) is 0 Å². The van der Waals surface area contributed by atoms with Crippen LogP contribution in [0.5, 0.6) is 0 Å². The number of halogens is 1. The number of hydrogen-bond acceptors (Lipinski definition) is 5. The van der Waals surface area contributed by atoms with Crippen LogP contribution in [0, 0.1) is 5.82 Å². The van der Waals surface area contributed by atoms with Crippen molar-refractivity contribution in [1.29, 1.82) is 0 Å². The van der Waals surface area contributed by atoms with Gasteiger partial charge in [-0.3, -0.25) is 0 Å². The Balaban J connectivity index is 2.05. The van der Waals surface area contributed by atoms with E-state index < -0.39 is 15.7 Å². The minimum Gasteiger partial charge on any atom is -0.377 e. The van der Waals surface area contributed by atoms with Crippen LogP contribution in [0.4, 0.5) is 4.39 Å². The summed E-state index contributed by atoms with van der Waals surface area (Å²) < 4.78 is 36.6. The number of benzene rings is 2. The number of rotatable bonds is 5. The Labute approximate surface area is 144 Å². The number of amidine groups is 1. The molecule has 0 atom stereocenters. The fourth-order valence-corrected chi connectivity index (χ4v) is 3.03. The first kappa shape index (κ1) is 18.2. The third kappa shape index (κ3) is 5.47. The lowest BCUT2D eigenvalue weighted by Gasteiger charge is -2.01. The molecule has 0 aliphatic heterocycles. The van der Waals surface area contributed by atoms with Crippen molar-refractivity contribution in [3.05, 3.63) is 65.5 Å². The zero-order chi connectivity index (χ0) is 17.6. The maximum atomic E-state index is 13.7. The molecule has 0 aliphatic carbocycles. The maximum absolute atomic E-state index is 13.7. The van der Waals surface area contributed by atoms with Crippen molar-refractivity contribution in [3.63, 3.8) is 0 Å². The molecular formula is C16H16FN3O2S2. The van der Waals surface area contributed by atoms with Crippen LogP contribution < -0.4 is 5.73 Å². The quantitative estimate of drug-likeness (QED) is 0.382. The summed E-state index contributed by atoms with van der Waals surface area (Å²) in [5.41, 5.74) is 6.86. The largest absolute Gasteiger partial charge is 0.377 e. The molecule has 126 valence electrons. The molecular weight excluding hydrogens is 349 g/mol. The minimum absolute atomic E-state index is 0.0146. The molecule has 0 bridgehead atoms. The molecule has 0 fully saturated rings. The molecule has 2 rings (SSSR count). The smallest absolute Gasteiger partial charge is 0.180 e. The number of sulfone groups is 1. The third-order valence-electron chi connectivity index (χ3n) is 2.98. The van der Waals surface area contributed by atoms with Crippen molar-refractivity contribution in [2.24, 2.45) is 15.9 Å². The molecule has 24 heavy (non-hydrogen) atoms. The Bertz CT molecular complexity index is 866. The zero-order valence-corrected chi connectivity index (χ0v) is 14.5. The van der Waals surface area contributed by atoms with E-state index in [1.165, 1.54) is 23.9 Å². The van der Waals surface area contributed by atoms with E-state index in [0.29, 0.717) is 5.75 Å². The van der Waals surface area contributed by atoms with Gasteiger partial charge >= 0.3 is 0 Å². The first-order valence-electron chi connectivity index (χ1n) is 6.89. The van der Waals surface area contributed by atoms with Crippen molar-refractivity contribution >= 4 is 33.0 Å². The molecule has 0 radical (unpaired) electrons. The lowest BCUT2D eigenvalue weighted by molar-refractivity contribution is 0.600. The van der Waals surface area contributed by atoms with Crippen molar-refractivity contribution in [1.82, 2.24) is 0 Å². The molecule has 0 unspecified atom stereocenters. The molecule has 5 nitrogen and oxygen atoms in total. The fraction of sp³-hybridized carbons (Fsp3) is 0.125. The molecule has 0 aliphatic rings. The van der Waals surface area contributed by atoms with E-state index in [2.05, 4.69) is 10.2 Å². The van der Waals surface area contributed by atoms with Gasteiger partial charge in [-0.2, -0.15) is 5.10 Å². The Morgan fingerprint density at radius 2 is 1.96 bits per heavy atom. The molecule has 0 spiro atoms. The van der Waals surface area contributed by atoms with Crippen LogP contribution in [-0.4, -0.2) is 26.1 Å². The van der Waals surface area contributed by atoms with Gasteiger partial charge in [0.2, 0.25) is 0 Å². The van der Waals surface area contributed by atoms with Gasteiger partial charge in [0.25, 0.3) is 0 Å². The van der Waals surface area contributed by atoms with Gasteiger partial charge in [0.1, 0.15) is 5.82 Å². The summed E-state index contributed by atoms with van der Waals surface area (Å²) in [6.45, 7) is 0. The van der Waals surface area contributed by atoms with Gasteiger partial charge in [-0.25, -0.2) is 12.8 Å². The summed E-state index contributed by atoms with van der Waals surface area (Å²) in [6, 6.07) is 13.2. The highest BCUT2D eigenvalue weighted by atomic mass is 32.2. The zero-order valence-electron chi connectivity index (χ0n) is 12.9. The average molecular weight is 365 g/mol. The highest BCUT2D eigenvalue weighted by Gasteiger charge is 2.09. The first-order chi connectivity index (χ1) is 11.4. The first-order valence-corrected chi connectivity index (χ1v) is 9.77. The molecule has 2 aromatic carbocycles. The van der Waals surface area contributed by atoms with Crippen molar-refractivity contribution in [2.75, 3.05) is 6.26 Å². The highest BCUT2D eigenvalue weighted by molar-refractivity contribution is 8.13. The summed E-state index contributed by atoms with van der Waals surface area (Å²) in [7, 11) is -3.42. The van der Waals surface area contributed by atoms with E-state index in [0.717, 1.165) is 24.1 Å². The van der Waals surface area contributed by atoms with Crippen LogP contribution >= 0.6 is 11.8 Å². The standard InChI is InChI=1S/C16H16FN3O2S2/c1-24(21,22)14-7-8-15(17)13(9-14)10-19-20-16(18)23-11-12-5-3-2-4-6-12/h2-10H,11H2,1H3,(H2,18,20). The number of thioether (sulfide) groups is 1. The molecule has 0 aromatic heterocycles. The van der Waals surface area contributed by atoms with E-state index in [4.69, 9.17) is 5.73 Å². The van der Waals surface area contributed by atoms with Gasteiger partial charge in [-0.05, 0) is 23.8 Å². The third-order valence-corrected chi connectivity index (χ3v) is 4.94. The molecule has 0 amide bonds. The second-order valence-electron chi connectivity index (χ2n) is 4.91. The summed E-state index contributed by atoms with van der Waals surface area (Å²) in [4.78, 5) is 0.0146. The SMILES string of the molecule is CS(=O)(=O)c1ccc(F)c(C=NN=C(N)SCc2ccccc2)c1. The Kier molecular flexibility index (Phi) is 6.10. The van der Waals surface area contributed by atoms with E-state index in [-0.39, 0.29) is 15.6 Å². The minimum atomic E-state index is -3.42. The lowest BCUT2D eigenvalue weighted by atomic mass is 10.2.